The quantitative estimate of drug-likeness (QED) is 0.556. The van der Waals surface area contributed by atoms with E-state index in [9.17, 15) is 9.59 Å². The fraction of sp³-hybridized carbons (Fsp3) is 0.407. The van der Waals surface area contributed by atoms with Crippen LogP contribution in [-0.2, 0) is 33.1 Å². The zero-order valence-electron chi connectivity index (χ0n) is 20.2. The van der Waals surface area contributed by atoms with Gasteiger partial charge in [-0.05, 0) is 48.1 Å². The van der Waals surface area contributed by atoms with Crippen molar-refractivity contribution in [3.05, 3.63) is 75.7 Å². The normalized spacial score (nSPS) is 21.3. The molecule has 0 radical (unpaired) electrons. The maximum atomic E-state index is 15.1. The maximum Gasteiger partial charge on any atom is 0.412 e. The van der Waals surface area contributed by atoms with Gasteiger partial charge in [0.05, 0.1) is 42.6 Å². The number of hydrogen-bond acceptors (Lipinski definition) is 5. The van der Waals surface area contributed by atoms with E-state index < -0.39 is 17.5 Å². The van der Waals surface area contributed by atoms with Gasteiger partial charge in [0.25, 0.3) is 0 Å². The van der Waals surface area contributed by atoms with Crippen LogP contribution in [0.5, 0.6) is 0 Å². The van der Waals surface area contributed by atoms with Gasteiger partial charge < -0.3 is 19.7 Å². The van der Waals surface area contributed by atoms with Gasteiger partial charge in [-0.25, -0.2) is 9.18 Å². The van der Waals surface area contributed by atoms with Gasteiger partial charge in [-0.15, -0.1) is 0 Å². The van der Waals surface area contributed by atoms with E-state index in [2.05, 4.69) is 42.3 Å². The second-order valence-corrected chi connectivity index (χ2v) is 9.98. The topological polar surface area (TPSA) is 79.9 Å². The van der Waals surface area contributed by atoms with Gasteiger partial charge in [-0.3, -0.25) is 10.1 Å². The third kappa shape index (κ3) is 4.44. The summed E-state index contributed by atoms with van der Waals surface area (Å²) in [5.41, 5.74) is 3.52. The molecule has 2 atom stereocenters. The van der Waals surface area contributed by atoms with E-state index in [0.717, 1.165) is 17.7 Å². The number of hydrogen-bond donors (Lipinski definition) is 2. The molecule has 0 saturated carbocycles. The van der Waals surface area contributed by atoms with Crippen LogP contribution >= 0.6 is 11.6 Å². The van der Waals surface area contributed by atoms with Crippen molar-refractivity contribution in [2.45, 2.75) is 50.9 Å². The van der Waals surface area contributed by atoms with E-state index >= 15 is 4.39 Å². The van der Waals surface area contributed by atoms with Gasteiger partial charge in [0.1, 0.15) is 0 Å². The summed E-state index contributed by atoms with van der Waals surface area (Å²) in [5.74, 6) is -0.767. The minimum atomic E-state index is -1.28. The van der Waals surface area contributed by atoms with Crippen molar-refractivity contribution in [2.75, 3.05) is 25.0 Å². The number of nitrogens with zero attached hydrogens (tertiary/aromatic N) is 1. The number of rotatable bonds is 6. The Balaban J connectivity index is 1.28. The van der Waals surface area contributed by atoms with Crippen LogP contribution in [0.4, 0.5) is 14.9 Å². The summed E-state index contributed by atoms with van der Waals surface area (Å²) in [6.07, 6.45) is 1.11. The number of likely N-dealkylation sites (tertiary alicyclic amines) is 1. The number of fused-ring (bicyclic) bond motifs is 3. The molecule has 2 aromatic carbocycles. The highest BCUT2D eigenvalue weighted by Gasteiger charge is 2.48. The number of amides is 2. The highest BCUT2D eigenvalue weighted by molar-refractivity contribution is 6.31. The third-order valence-electron chi connectivity index (χ3n) is 7.33. The second kappa shape index (κ2) is 9.75. The second-order valence-electron chi connectivity index (χ2n) is 9.57. The van der Waals surface area contributed by atoms with Crippen molar-refractivity contribution in [1.82, 2.24) is 10.2 Å². The van der Waals surface area contributed by atoms with Crippen LogP contribution in [-0.4, -0.2) is 36.5 Å². The van der Waals surface area contributed by atoms with Crippen LogP contribution in [0.1, 0.15) is 54.4 Å². The minimum absolute atomic E-state index is 0.0382. The molecule has 1 saturated heterocycles. The minimum Gasteiger partial charge on any atom is -0.436 e. The molecule has 3 heterocycles. The summed E-state index contributed by atoms with van der Waals surface area (Å²) >= 11 is 6.04. The summed E-state index contributed by atoms with van der Waals surface area (Å²) in [7, 11) is 0. The molecule has 0 aliphatic carbocycles. The molecule has 5 rings (SSSR count). The van der Waals surface area contributed by atoms with Crippen molar-refractivity contribution >= 4 is 29.3 Å². The smallest absolute Gasteiger partial charge is 0.412 e. The highest BCUT2D eigenvalue weighted by atomic mass is 35.5. The van der Waals surface area contributed by atoms with Gasteiger partial charge in [0.2, 0.25) is 5.91 Å². The molecule has 9 heteroatoms. The Morgan fingerprint density at radius 2 is 2.11 bits per heavy atom. The number of piperidine rings is 1. The summed E-state index contributed by atoms with van der Waals surface area (Å²) < 4.78 is 26.3. The van der Waals surface area contributed by atoms with Crippen molar-refractivity contribution in [3.8, 4) is 0 Å². The molecule has 0 aromatic heterocycles. The zero-order valence-corrected chi connectivity index (χ0v) is 20.9. The molecular weight excluding hydrogens is 485 g/mol. The fourth-order valence-corrected chi connectivity index (χ4v) is 5.66. The number of ether oxygens (including phenoxy) is 2. The van der Waals surface area contributed by atoms with Crippen LogP contribution in [0.25, 0.3) is 0 Å². The summed E-state index contributed by atoms with van der Waals surface area (Å²) in [6.45, 7) is 8.12. The first-order valence-corrected chi connectivity index (χ1v) is 12.6. The SMILES string of the molecule is C=C(NCC(=O)N1CCC[C@@]2(C1)OC(=O)Nc1ccc(Cl)c(F)c12)C(CC)c1ccc2c(c1)COC2. The average Bonchev–Trinajstić information content (AvgIpc) is 3.33. The number of carbonyl (C=O) groups excluding carboxylic acids is 2. The van der Waals surface area contributed by atoms with Gasteiger partial charge >= 0.3 is 6.09 Å². The van der Waals surface area contributed by atoms with Crippen molar-refractivity contribution in [2.24, 2.45) is 0 Å². The Kier molecular flexibility index (Phi) is 6.66. The van der Waals surface area contributed by atoms with E-state index in [-0.39, 0.29) is 35.5 Å². The first kappa shape index (κ1) is 24.6. The predicted molar refractivity (Wildman–Crippen MR) is 134 cm³/mol. The Morgan fingerprint density at radius 1 is 1.31 bits per heavy atom. The standard InChI is InChI=1S/C27H29ClFN3O4/c1-3-20(17-5-6-18-13-35-14-19(18)11-17)16(2)30-12-23(33)32-10-4-9-27(15-32)24-22(31-26(34)36-27)8-7-21(28)25(24)29/h5-8,11,20,30H,2-4,9-10,12-15H2,1H3,(H,31,34)/t20?,27-/m0/s1. The van der Waals surface area contributed by atoms with Crippen molar-refractivity contribution in [3.63, 3.8) is 0 Å². The van der Waals surface area contributed by atoms with Crippen LogP contribution in [0.3, 0.4) is 0 Å². The molecule has 3 aliphatic heterocycles. The lowest BCUT2D eigenvalue weighted by Gasteiger charge is -2.45. The number of allylic oxidation sites excluding steroid dienone is 1. The van der Waals surface area contributed by atoms with E-state index in [1.165, 1.54) is 17.2 Å². The Morgan fingerprint density at radius 3 is 2.92 bits per heavy atom. The van der Waals surface area contributed by atoms with E-state index in [4.69, 9.17) is 21.1 Å². The summed E-state index contributed by atoms with van der Waals surface area (Å²) in [5, 5.41) is 5.69. The molecule has 0 bridgehead atoms. The van der Waals surface area contributed by atoms with Crippen LogP contribution in [0.2, 0.25) is 5.02 Å². The lowest BCUT2D eigenvalue weighted by atomic mass is 9.83. The van der Waals surface area contributed by atoms with Crippen molar-refractivity contribution in [1.29, 1.82) is 0 Å². The Bertz CT molecular complexity index is 1240. The lowest BCUT2D eigenvalue weighted by Crippen LogP contribution is -2.54. The van der Waals surface area contributed by atoms with Gasteiger partial charge in [-0.2, -0.15) is 0 Å². The fourth-order valence-electron chi connectivity index (χ4n) is 5.50. The molecule has 190 valence electrons. The Hall–Kier alpha value is -3.10. The molecule has 3 aliphatic rings. The van der Waals surface area contributed by atoms with Crippen LogP contribution < -0.4 is 10.6 Å². The maximum absolute atomic E-state index is 15.1. The first-order valence-electron chi connectivity index (χ1n) is 12.2. The number of anilines is 1. The van der Waals surface area contributed by atoms with Gasteiger partial charge in [0.15, 0.2) is 11.4 Å². The molecule has 2 amide bonds. The van der Waals surface area contributed by atoms with Crippen LogP contribution in [0, 0.1) is 5.82 Å². The molecule has 1 unspecified atom stereocenters. The number of carbonyl (C=O) groups is 2. The zero-order chi connectivity index (χ0) is 25.4. The van der Waals surface area contributed by atoms with Gasteiger partial charge in [0, 0.05) is 18.2 Å². The predicted octanol–water partition coefficient (Wildman–Crippen LogP) is 5.19. The van der Waals surface area contributed by atoms with E-state index in [1.807, 2.05) is 0 Å². The monoisotopic (exact) mass is 513 g/mol. The summed E-state index contributed by atoms with van der Waals surface area (Å²) in [6, 6.07) is 9.30. The van der Waals surface area contributed by atoms with Crippen LogP contribution in [0.15, 0.2) is 42.6 Å². The molecule has 36 heavy (non-hydrogen) atoms. The molecule has 1 fully saturated rings. The third-order valence-corrected chi connectivity index (χ3v) is 7.62. The molecule has 2 N–H and O–H groups in total. The van der Waals surface area contributed by atoms with E-state index in [0.29, 0.717) is 38.3 Å². The summed E-state index contributed by atoms with van der Waals surface area (Å²) in [4.78, 5) is 27.1. The number of halogens is 2. The number of nitrogens with one attached hydrogen (secondary N) is 2. The highest BCUT2D eigenvalue weighted by Crippen LogP contribution is 2.45. The Labute approximate surface area is 214 Å². The molecule has 2 aromatic rings. The average molecular weight is 514 g/mol. The molecule has 7 nitrogen and oxygen atoms in total. The van der Waals surface area contributed by atoms with Gasteiger partial charge in [-0.1, -0.05) is 43.3 Å². The molecule has 1 spiro atoms. The first-order chi connectivity index (χ1) is 17.3. The van der Waals surface area contributed by atoms with Crippen molar-refractivity contribution < 1.29 is 23.5 Å². The largest absolute Gasteiger partial charge is 0.436 e. The lowest BCUT2D eigenvalue weighted by molar-refractivity contribution is -0.138. The van der Waals surface area contributed by atoms with E-state index in [1.54, 1.807) is 11.0 Å². The molecular formula is C27H29ClFN3O4. The number of benzene rings is 2.